The lowest BCUT2D eigenvalue weighted by molar-refractivity contribution is 0.0968. The van der Waals surface area contributed by atoms with E-state index in [-0.39, 0.29) is 5.91 Å². The summed E-state index contributed by atoms with van der Waals surface area (Å²) in [6, 6.07) is 0. The van der Waals surface area contributed by atoms with E-state index in [2.05, 4.69) is 20.8 Å². The second-order valence-corrected chi connectivity index (χ2v) is 6.04. The van der Waals surface area contributed by atoms with Crippen LogP contribution in [0.25, 0.3) is 0 Å². The molecule has 0 fully saturated rings. The molecule has 0 aromatic carbocycles. The maximum Gasteiger partial charge on any atom is 0.263 e. The van der Waals surface area contributed by atoms with Crippen molar-refractivity contribution in [2.75, 3.05) is 30.9 Å². The second-order valence-electron chi connectivity index (χ2n) is 4.20. The molecule has 7 nitrogen and oxygen atoms in total. The molecule has 0 aliphatic heterocycles. The van der Waals surface area contributed by atoms with Gasteiger partial charge < -0.3 is 20.9 Å². The van der Waals surface area contributed by atoms with Gasteiger partial charge in [-0.25, -0.2) is 0 Å². The van der Waals surface area contributed by atoms with Crippen molar-refractivity contribution in [2.45, 2.75) is 18.2 Å². The van der Waals surface area contributed by atoms with E-state index in [0.717, 1.165) is 9.90 Å². The lowest BCUT2D eigenvalue weighted by Crippen LogP contribution is -2.17. The van der Waals surface area contributed by atoms with E-state index in [1.807, 2.05) is 6.26 Å². The van der Waals surface area contributed by atoms with Crippen LogP contribution in [0.5, 0.6) is 0 Å². The molecule has 0 aliphatic rings. The van der Waals surface area contributed by atoms with Gasteiger partial charge in [-0.15, -0.1) is 23.1 Å². The first-order chi connectivity index (χ1) is 10.1. The predicted molar refractivity (Wildman–Crippen MR) is 85.1 cm³/mol. The Morgan fingerprint density at radius 2 is 2.29 bits per heavy atom. The van der Waals surface area contributed by atoms with Crippen LogP contribution < -0.4 is 16.4 Å². The molecule has 114 valence electrons. The van der Waals surface area contributed by atoms with Gasteiger partial charge in [0.15, 0.2) is 5.82 Å². The van der Waals surface area contributed by atoms with Gasteiger partial charge in [0.25, 0.3) is 5.91 Å². The standard InChI is InChI=1S/C12H17N5O2S2/c1-6-16-7(19-17-6)4-5-15-12-10(20-3)8(13)9(21-12)11(18)14-2/h15H,4-5,13H2,1-3H3,(H,14,18). The summed E-state index contributed by atoms with van der Waals surface area (Å²) in [6.07, 6.45) is 2.54. The molecule has 4 N–H and O–H groups in total. The number of thiophene rings is 1. The molecule has 2 rings (SSSR count). The number of aromatic nitrogens is 2. The van der Waals surface area contributed by atoms with Gasteiger partial charge in [-0.2, -0.15) is 4.98 Å². The predicted octanol–water partition coefficient (Wildman–Crippen LogP) is 1.76. The quantitative estimate of drug-likeness (QED) is 0.694. The number of nitrogens with one attached hydrogen (secondary N) is 2. The van der Waals surface area contributed by atoms with E-state index in [9.17, 15) is 4.79 Å². The third-order valence-electron chi connectivity index (χ3n) is 2.73. The van der Waals surface area contributed by atoms with Crippen LogP contribution in [0, 0.1) is 6.92 Å². The summed E-state index contributed by atoms with van der Waals surface area (Å²) in [5, 5.41) is 10.5. The van der Waals surface area contributed by atoms with Crippen LogP contribution >= 0.6 is 23.1 Å². The minimum Gasteiger partial charge on any atom is -0.396 e. The number of anilines is 2. The largest absolute Gasteiger partial charge is 0.396 e. The van der Waals surface area contributed by atoms with Gasteiger partial charge in [-0.3, -0.25) is 4.79 Å². The Hall–Kier alpha value is -1.74. The van der Waals surface area contributed by atoms with Crippen molar-refractivity contribution < 1.29 is 9.32 Å². The first-order valence-electron chi connectivity index (χ1n) is 6.28. The molecule has 2 aromatic rings. The lowest BCUT2D eigenvalue weighted by Gasteiger charge is -2.04. The van der Waals surface area contributed by atoms with Gasteiger partial charge in [0.1, 0.15) is 9.88 Å². The fourth-order valence-corrected chi connectivity index (χ4v) is 3.76. The Kier molecular flexibility index (Phi) is 5.07. The van der Waals surface area contributed by atoms with Gasteiger partial charge in [-0.1, -0.05) is 5.16 Å². The van der Waals surface area contributed by atoms with Crippen LogP contribution in [0.3, 0.4) is 0 Å². The zero-order valence-corrected chi connectivity index (χ0v) is 13.7. The minimum atomic E-state index is -0.173. The molecule has 9 heteroatoms. The fourth-order valence-electron chi connectivity index (χ4n) is 1.75. The number of nitrogens with two attached hydrogens (primary N) is 1. The van der Waals surface area contributed by atoms with Crippen molar-refractivity contribution in [1.82, 2.24) is 15.5 Å². The second kappa shape index (κ2) is 6.81. The topological polar surface area (TPSA) is 106 Å². The lowest BCUT2D eigenvalue weighted by atomic mass is 10.3. The van der Waals surface area contributed by atoms with E-state index in [1.165, 1.54) is 23.1 Å². The molecule has 0 saturated heterocycles. The van der Waals surface area contributed by atoms with Gasteiger partial charge in [0.2, 0.25) is 5.89 Å². The zero-order valence-electron chi connectivity index (χ0n) is 12.0. The third kappa shape index (κ3) is 3.48. The van der Waals surface area contributed by atoms with Crippen LogP contribution in [0.15, 0.2) is 9.42 Å². The SMILES string of the molecule is CNC(=O)c1sc(NCCc2nc(C)no2)c(SC)c1N. The number of hydrogen-bond acceptors (Lipinski definition) is 8. The molecular formula is C12H17N5O2S2. The minimum absolute atomic E-state index is 0.173. The highest BCUT2D eigenvalue weighted by molar-refractivity contribution is 7.99. The van der Waals surface area contributed by atoms with E-state index in [0.29, 0.717) is 35.2 Å². The monoisotopic (exact) mass is 327 g/mol. The number of nitrogen functional groups attached to an aromatic ring is 1. The van der Waals surface area contributed by atoms with Crippen LogP contribution in [0.1, 0.15) is 21.4 Å². The van der Waals surface area contributed by atoms with Crippen LogP contribution in [-0.2, 0) is 6.42 Å². The third-order valence-corrected chi connectivity index (χ3v) is 4.85. The molecule has 0 spiro atoms. The molecule has 1 amide bonds. The van der Waals surface area contributed by atoms with Gasteiger partial charge >= 0.3 is 0 Å². The molecule has 2 aromatic heterocycles. The van der Waals surface area contributed by atoms with Gasteiger partial charge in [0, 0.05) is 20.0 Å². The van der Waals surface area contributed by atoms with E-state index in [1.54, 1.807) is 14.0 Å². The van der Waals surface area contributed by atoms with Gasteiger partial charge in [0.05, 0.1) is 10.6 Å². The van der Waals surface area contributed by atoms with Crippen molar-refractivity contribution >= 4 is 39.7 Å². The van der Waals surface area contributed by atoms with Crippen molar-refractivity contribution in [2.24, 2.45) is 0 Å². The molecule has 0 radical (unpaired) electrons. The maximum absolute atomic E-state index is 11.8. The number of nitrogens with zero attached hydrogens (tertiary/aromatic N) is 2. The summed E-state index contributed by atoms with van der Waals surface area (Å²) in [7, 11) is 1.59. The number of rotatable bonds is 6. The Balaban J connectivity index is 2.07. The molecular weight excluding hydrogens is 310 g/mol. The summed E-state index contributed by atoms with van der Waals surface area (Å²) >= 11 is 2.86. The Labute approximate surface area is 130 Å². The van der Waals surface area contributed by atoms with E-state index >= 15 is 0 Å². The first-order valence-corrected chi connectivity index (χ1v) is 8.32. The Morgan fingerprint density at radius 1 is 1.52 bits per heavy atom. The molecule has 0 saturated carbocycles. The molecule has 0 unspecified atom stereocenters. The number of carbonyl (C=O) groups is 1. The highest BCUT2D eigenvalue weighted by Crippen LogP contribution is 2.41. The maximum atomic E-state index is 11.8. The normalized spacial score (nSPS) is 10.6. The number of aryl methyl sites for hydroxylation is 1. The van der Waals surface area contributed by atoms with Crippen molar-refractivity contribution in [1.29, 1.82) is 0 Å². The molecule has 0 atom stereocenters. The summed E-state index contributed by atoms with van der Waals surface area (Å²) in [5.74, 6) is 1.03. The van der Waals surface area contributed by atoms with E-state index < -0.39 is 0 Å². The molecule has 2 heterocycles. The van der Waals surface area contributed by atoms with Crippen LogP contribution in [0.2, 0.25) is 0 Å². The average Bonchev–Trinajstić information content (AvgIpc) is 3.02. The first kappa shape index (κ1) is 15.6. The molecule has 21 heavy (non-hydrogen) atoms. The van der Waals surface area contributed by atoms with Crippen LogP contribution in [0.4, 0.5) is 10.7 Å². The summed E-state index contributed by atoms with van der Waals surface area (Å²) in [6.45, 7) is 2.41. The highest BCUT2D eigenvalue weighted by atomic mass is 32.2. The van der Waals surface area contributed by atoms with Crippen molar-refractivity contribution in [3.05, 3.63) is 16.6 Å². The number of thioether (sulfide) groups is 1. The summed E-state index contributed by atoms with van der Waals surface area (Å²) in [4.78, 5) is 17.3. The van der Waals surface area contributed by atoms with Gasteiger partial charge in [-0.05, 0) is 13.2 Å². The smallest absolute Gasteiger partial charge is 0.263 e. The number of amides is 1. The highest BCUT2D eigenvalue weighted by Gasteiger charge is 2.19. The fraction of sp³-hybridized carbons (Fsp3) is 0.417. The van der Waals surface area contributed by atoms with Crippen molar-refractivity contribution in [3.63, 3.8) is 0 Å². The Bertz CT molecular complexity index is 638. The molecule has 0 bridgehead atoms. The summed E-state index contributed by atoms with van der Waals surface area (Å²) in [5.41, 5.74) is 6.54. The van der Waals surface area contributed by atoms with Crippen LogP contribution in [-0.4, -0.2) is 35.9 Å². The average molecular weight is 327 g/mol. The van der Waals surface area contributed by atoms with E-state index in [4.69, 9.17) is 10.3 Å². The Morgan fingerprint density at radius 3 is 2.86 bits per heavy atom. The molecule has 0 aliphatic carbocycles. The summed E-state index contributed by atoms with van der Waals surface area (Å²) < 4.78 is 5.05. The number of carbonyl (C=O) groups excluding carboxylic acids is 1. The number of hydrogen-bond donors (Lipinski definition) is 3. The van der Waals surface area contributed by atoms with Crippen molar-refractivity contribution in [3.8, 4) is 0 Å². The zero-order chi connectivity index (χ0) is 15.4.